The number of hydrogen-bond donors (Lipinski definition) is 2. The number of methoxy groups -OCH3 is 1. The van der Waals surface area contributed by atoms with Crippen LogP contribution in [0.15, 0.2) is 6.20 Å². The molecular weight excluding hydrogens is 220 g/mol. The van der Waals surface area contributed by atoms with E-state index in [4.69, 9.17) is 4.74 Å². The molecule has 0 amide bonds. The molecule has 0 spiro atoms. The minimum Gasteiger partial charge on any atom is -0.389 e. The molecule has 0 radical (unpaired) electrons. The van der Waals surface area contributed by atoms with Gasteiger partial charge in [-0.1, -0.05) is 0 Å². The predicted octanol–water partition coefficient (Wildman–Crippen LogP) is -0.417. The smallest absolute Gasteiger partial charge is 0.204 e. The van der Waals surface area contributed by atoms with Crippen LogP contribution in [0.2, 0.25) is 0 Å². The van der Waals surface area contributed by atoms with Gasteiger partial charge < -0.3 is 24.6 Å². The van der Waals surface area contributed by atoms with Crippen molar-refractivity contribution < 1.29 is 9.84 Å². The van der Waals surface area contributed by atoms with Crippen LogP contribution in [-0.4, -0.2) is 55.1 Å². The van der Waals surface area contributed by atoms with E-state index in [0.717, 1.165) is 11.6 Å². The predicted molar refractivity (Wildman–Crippen MR) is 67.1 cm³/mol. The average Bonchev–Trinajstić information content (AvgIpc) is 2.61. The molecule has 0 bridgehead atoms. The Labute approximate surface area is 102 Å². The molecular formula is C11H22N4O2. The Morgan fingerprint density at radius 3 is 2.82 bits per heavy atom. The third-order valence-corrected chi connectivity index (χ3v) is 2.50. The molecule has 2 N–H and O–H groups in total. The van der Waals surface area contributed by atoms with Crippen molar-refractivity contribution in [3.8, 4) is 0 Å². The number of nitrogens with zero attached hydrogens (tertiary/aromatic N) is 3. The van der Waals surface area contributed by atoms with Gasteiger partial charge in [0.2, 0.25) is 5.95 Å². The Bertz CT molecular complexity index is 338. The largest absolute Gasteiger partial charge is 0.389 e. The molecule has 6 nitrogen and oxygen atoms in total. The third kappa shape index (κ3) is 3.99. The van der Waals surface area contributed by atoms with Gasteiger partial charge in [0.05, 0.1) is 24.6 Å². The van der Waals surface area contributed by atoms with Gasteiger partial charge in [-0.3, -0.25) is 0 Å². The van der Waals surface area contributed by atoms with Crippen LogP contribution in [0.5, 0.6) is 0 Å². The summed E-state index contributed by atoms with van der Waals surface area (Å²) in [5.41, 5.74) is 1.08. The lowest BCUT2D eigenvalue weighted by atomic mass is 10.3. The first kappa shape index (κ1) is 14.0. The summed E-state index contributed by atoms with van der Waals surface area (Å²) in [6.45, 7) is 1.54. The fourth-order valence-electron chi connectivity index (χ4n) is 1.63. The second kappa shape index (κ2) is 6.58. The minimum atomic E-state index is -0.471. The van der Waals surface area contributed by atoms with Crippen molar-refractivity contribution in [3.63, 3.8) is 0 Å². The van der Waals surface area contributed by atoms with Gasteiger partial charge in [-0.15, -0.1) is 0 Å². The first-order valence-corrected chi connectivity index (χ1v) is 5.62. The molecule has 0 fully saturated rings. The van der Waals surface area contributed by atoms with E-state index in [1.165, 1.54) is 0 Å². The lowest BCUT2D eigenvalue weighted by Crippen LogP contribution is -2.30. The molecule has 1 aromatic rings. The van der Waals surface area contributed by atoms with Gasteiger partial charge in [0.1, 0.15) is 0 Å². The van der Waals surface area contributed by atoms with Crippen molar-refractivity contribution in [1.29, 1.82) is 0 Å². The highest BCUT2D eigenvalue weighted by molar-refractivity contribution is 5.30. The molecule has 0 aliphatic carbocycles. The molecule has 0 aliphatic rings. The molecule has 98 valence electrons. The second-order valence-electron chi connectivity index (χ2n) is 4.24. The SMILES string of the molecule is COCC(O)CNCc1cnc(N(C)C)n1C. The maximum atomic E-state index is 9.47. The van der Waals surface area contributed by atoms with Gasteiger partial charge in [-0.2, -0.15) is 0 Å². The number of imidazole rings is 1. The lowest BCUT2D eigenvalue weighted by molar-refractivity contribution is 0.0643. The maximum absolute atomic E-state index is 9.47. The van der Waals surface area contributed by atoms with Gasteiger partial charge in [0, 0.05) is 41.3 Å². The van der Waals surface area contributed by atoms with Crippen LogP contribution in [0.4, 0.5) is 5.95 Å². The molecule has 0 saturated heterocycles. The van der Waals surface area contributed by atoms with Crippen molar-refractivity contribution in [2.24, 2.45) is 7.05 Å². The zero-order chi connectivity index (χ0) is 12.8. The summed E-state index contributed by atoms with van der Waals surface area (Å²) >= 11 is 0. The molecule has 1 atom stereocenters. The molecule has 0 aliphatic heterocycles. The summed E-state index contributed by atoms with van der Waals surface area (Å²) in [5, 5.41) is 12.6. The number of aromatic nitrogens is 2. The average molecular weight is 242 g/mol. The number of aliphatic hydroxyl groups excluding tert-OH is 1. The summed E-state index contributed by atoms with van der Waals surface area (Å²) < 4.78 is 6.87. The summed E-state index contributed by atoms with van der Waals surface area (Å²) in [4.78, 5) is 6.27. The van der Waals surface area contributed by atoms with Gasteiger partial charge in [0.25, 0.3) is 0 Å². The Balaban J connectivity index is 2.42. The topological polar surface area (TPSA) is 62.6 Å². The fraction of sp³-hybridized carbons (Fsp3) is 0.727. The van der Waals surface area contributed by atoms with E-state index in [1.807, 2.05) is 36.8 Å². The fourth-order valence-corrected chi connectivity index (χ4v) is 1.63. The van der Waals surface area contributed by atoms with E-state index in [9.17, 15) is 5.11 Å². The van der Waals surface area contributed by atoms with Crippen molar-refractivity contribution in [2.75, 3.05) is 39.3 Å². The molecule has 6 heteroatoms. The lowest BCUT2D eigenvalue weighted by Gasteiger charge is -2.14. The standard InChI is InChI=1S/C11H22N4O2/c1-14(2)11-13-6-9(15(11)3)5-12-7-10(16)8-17-4/h6,10,12,16H,5,7-8H2,1-4H3. The Morgan fingerprint density at radius 2 is 2.29 bits per heavy atom. The normalized spacial score (nSPS) is 12.8. The Hall–Kier alpha value is -1.11. The van der Waals surface area contributed by atoms with Crippen molar-refractivity contribution in [2.45, 2.75) is 12.6 Å². The minimum absolute atomic E-state index is 0.349. The number of hydrogen-bond acceptors (Lipinski definition) is 5. The molecule has 1 unspecified atom stereocenters. The first-order chi connectivity index (χ1) is 8.06. The number of nitrogens with one attached hydrogen (secondary N) is 1. The van der Waals surface area contributed by atoms with E-state index < -0.39 is 6.10 Å². The van der Waals surface area contributed by atoms with Crippen LogP contribution in [0, 0.1) is 0 Å². The summed E-state index contributed by atoms with van der Waals surface area (Å²) in [5.74, 6) is 0.916. The maximum Gasteiger partial charge on any atom is 0.204 e. The van der Waals surface area contributed by atoms with Crippen LogP contribution >= 0.6 is 0 Å². The second-order valence-corrected chi connectivity index (χ2v) is 4.24. The van der Waals surface area contributed by atoms with Crippen LogP contribution in [0.25, 0.3) is 0 Å². The highest BCUT2D eigenvalue weighted by Gasteiger charge is 2.08. The monoisotopic (exact) mass is 242 g/mol. The third-order valence-electron chi connectivity index (χ3n) is 2.50. The van der Waals surface area contributed by atoms with Crippen LogP contribution in [-0.2, 0) is 18.3 Å². The van der Waals surface area contributed by atoms with Crippen LogP contribution < -0.4 is 10.2 Å². The Kier molecular flexibility index (Phi) is 5.40. The molecule has 1 heterocycles. The van der Waals surface area contributed by atoms with Crippen LogP contribution in [0.3, 0.4) is 0 Å². The van der Waals surface area contributed by atoms with Gasteiger partial charge >= 0.3 is 0 Å². The molecule has 0 aromatic carbocycles. The number of aliphatic hydroxyl groups is 1. The molecule has 1 rings (SSSR count). The van der Waals surface area contributed by atoms with Crippen LogP contribution in [0.1, 0.15) is 5.69 Å². The van der Waals surface area contributed by atoms with E-state index in [1.54, 1.807) is 7.11 Å². The molecule has 0 saturated carbocycles. The van der Waals surface area contributed by atoms with Gasteiger partial charge in [-0.05, 0) is 0 Å². The molecule has 1 aromatic heterocycles. The summed E-state index contributed by atoms with van der Waals surface area (Å²) in [6, 6.07) is 0. The highest BCUT2D eigenvalue weighted by Crippen LogP contribution is 2.10. The number of anilines is 1. The van der Waals surface area contributed by atoms with Crippen molar-refractivity contribution in [1.82, 2.24) is 14.9 Å². The quantitative estimate of drug-likeness (QED) is 0.680. The van der Waals surface area contributed by atoms with Gasteiger partial charge in [-0.25, -0.2) is 4.98 Å². The van der Waals surface area contributed by atoms with Crippen molar-refractivity contribution >= 4 is 5.95 Å². The number of rotatable bonds is 7. The Morgan fingerprint density at radius 1 is 1.59 bits per heavy atom. The van der Waals surface area contributed by atoms with E-state index in [2.05, 4.69) is 10.3 Å². The van der Waals surface area contributed by atoms with E-state index >= 15 is 0 Å². The zero-order valence-electron chi connectivity index (χ0n) is 11.0. The molecule has 17 heavy (non-hydrogen) atoms. The highest BCUT2D eigenvalue weighted by atomic mass is 16.5. The van der Waals surface area contributed by atoms with E-state index in [0.29, 0.717) is 19.7 Å². The summed E-state index contributed by atoms with van der Waals surface area (Å²) in [6.07, 6.45) is 1.37. The van der Waals surface area contributed by atoms with Gasteiger partial charge in [0.15, 0.2) is 0 Å². The van der Waals surface area contributed by atoms with Crippen molar-refractivity contribution in [3.05, 3.63) is 11.9 Å². The zero-order valence-corrected chi connectivity index (χ0v) is 11.0. The van der Waals surface area contributed by atoms with E-state index in [-0.39, 0.29) is 0 Å². The summed E-state index contributed by atoms with van der Waals surface area (Å²) in [7, 11) is 7.47. The number of ether oxygens (including phenoxy) is 1. The first-order valence-electron chi connectivity index (χ1n) is 5.62.